The average Bonchev–Trinajstić information content (AvgIpc) is 3.31. The fourth-order valence-electron chi connectivity index (χ4n) is 4.98. The number of piperazine rings is 1. The van der Waals surface area contributed by atoms with Gasteiger partial charge in [0.1, 0.15) is 11.5 Å². The molecule has 2 saturated heterocycles. The maximum absolute atomic E-state index is 13.5. The van der Waals surface area contributed by atoms with E-state index in [9.17, 15) is 9.59 Å². The summed E-state index contributed by atoms with van der Waals surface area (Å²) in [5.41, 5.74) is 3.49. The lowest BCUT2D eigenvalue weighted by atomic mass is 10.0. The van der Waals surface area contributed by atoms with Gasteiger partial charge in [-0.25, -0.2) is 4.79 Å². The molecule has 9 heteroatoms. The summed E-state index contributed by atoms with van der Waals surface area (Å²) in [7, 11) is 0. The molecule has 0 aromatic carbocycles. The molecule has 3 amide bonds. The van der Waals surface area contributed by atoms with E-state index in [-0.39, 0.29) is 36.0 Å². The second kappa shape index (κ2) is 8.82. The molecular formula is C22H33N7O2. The monoisotopic (exact) mass is 427 g/mol. The summed E-state index contributed by atoms with van der Waals surface area (Å²) in [5, 5.41) is 7.24. The van der Waals surface area contributed by atoms with Gasteiger partial charge in [0, 0.05) is 37.9 Å². The fourth-order valence-corrected chi connectivity index (χ4v) is 4.98. The summed E-state index contributed by atoms with van der Waals surface area (Å²) in [6.45, 7) is 11.8. The largest absolute Gasteiger partial charge is 0.320 e. The summed E-state index contributed by atoms with van der Waals surface area (Å²) >= 11 is 0. The molecule has 0 bridgehead atoms. The third-order valence-electron chi connectivity index (χ3n) is 6.78. The Morgan fingerprint density at radius 1 is 1.13 bits per heavy atom. The van der Waals surface area contributed by atoms with Gasteiger partial charge in [-0.2, -0.15) is 5.10 Å². The van der Waals surface area contributed by atoms with E-state index in [2.05, 4.69) is 53.4 Å². The third kappa shape index (κ3) is 4.11. The van der Waals surface area contributed by atoms with Gasteiger partial charge in [0.25, 0.3) is 5.91 Å². The molecule has 3 aliphatic heterocycles. The molecule has 5 atom stereocenters. The minimum absolute atomic E-state index is 0.00269. The molecule has 2 N–H and O–H groups in total. The molecule has 0 saturated carbocycles. The molecule has 9 nitrogen and oxygen atoms in total. The predicted molar refractivity (Wildman–Crippen MR) is 119 cm³/mol. The molecule has 1 aromatic heterocycles. The predicted octanol–water partition coefficient (Wildman–Crippen LogP) is 1.34. The molecule has 0 spiro atoms. The van der Waals surface area contributed by atoms with Crippen LogP contribution in [0.4, 0.5) is 4.79 Å². The topological polar surface area (TPSA) is 93.2 Å². The van der Waals surface area contributed by atoms with E-state index in [4.69, 9.17) is 0 Å². The first kappa shape index (κ1) is 21.5. The van der Waals surface area contributed by atoms with Gasteiger partial charge in [-0.15, -0.1) is 0 Å². The Hall–Kier alpha value is -2.68. The average molecular weight is 428 g/mol. The van der Waals surface area contributed by atoms with Crippen molar-refractivity contribution in [1.82, 2.24) is 30.4 Å². The van der Waals surface area contributed by atoms with Gasteiger partial charge in [-0.05, 0) is 45.9 Å². The molecule has 0 aliphatic carbocycles. The summed E-state index contributed by atoms with van der Waals surface area (Å²) in [6.07, 6.45) is 2.71. The molecule has 4 rings (SSSR count). The number of hydrogen-bond donors (Lipinski definition) is 2. The Morgan fingerprint density at radius 3 is 2.65 bits per heavy atom. The number of aromatic nitrogens is 1. The lowest BCUT2D eigenvalue weighted by Gasteiger charge is -2.45. The van der Waals surface area contributed by atoms with E-state index in [0.29, 0.717) is 24.1 Å². The van der Waals surface area contributed by atoms with Crippen molar-refractivity contribution in [2.24, 2.45) is 11.0 Å². The van der Waals surface area contributed by atoms with Crippen molar-refractivity contribution in [2.45, 2.75) is 58.3 Å². The number of fused-ring (bicyclic) bond motifs is 1. The second-order valence-corrected chi connectivity index (χ2v) is 8.95. The van der Waals surface area contributed by atoms with E-state index in [1.807, 2.05) is 9.80 Å². The number of likely N-dealkylation sites (tertiary alicyclic amines) is 1. The number of hydrogen-bond acceptors (Lipinski definition) is 6. The van der Waals surface area contributed by atoms with Crippen molar-refractivity contribution < 1.29 is 9.59 Å². The maximum atomic E-state index is 13.5. The minimum Gasteiger partial charge on any atom is -0.319 e. The fraction of sp³-hybridized carbons (Fsp3) is 0.636. The van der Waals surface area contributed by atoms with Crippen LogP contribution in [0.15, 0.2) is 29.5 Å². The number of amidine groups is 1. The minimum atomic E-state index is -0.284. The van der Waals surface area contributed by atoms with Crippen LogP contribution in [0.5, 0.6) is 0 Å². The number of hydrazone groups is 1. The SMILES string of the molecule is CCCN1C[C@H](C)N(C(=O)N2CC3C(NC(=O)c4ccccn4)=NNC3C2C)CC1C. The molecular weight excluding hydrogens is 394 g/mol. The number of carbonyl (C=O) groups excluding carboxylic acids is 2. The highest BCUT2D eigenvalue weighted by Crippen LogP contribution is 2.30. The van der Waals surface area contributed by atoms with Crippen LogP contribution in [-0.2, 0) is 0 Å². The number of pyridine rings is 1. The van der Waals surface area contributed by atoms with Crippen molar-refractivity contribution in [3.05, 3.63) is 30.1 Å². The van der Waals surface area contributed by atoms with Crippen molar-refractivity contribution in [3.63, 3.8) is 0 Å². The lowest BCUT2D eigenvalue weighted by Crippen LogP contribution is -2.61. The summed E-state index contributed by atoms with van der Waals surface area (Å²) < 4.78 is 0. The van der Waals surface area contributed by atoms with Crippen LogP contribution in [0.1, 0.15) is 44.6 Å². The van der Waals surface area contributed by atoms with Crippen LogP contribution < -0.4 is 10.7 Å². The second-order valence-electron chi connectivity index (χ2n) is 8.95. The Morgan fingerprint density at radius 2 is 1.94 bits per heavy atom. The summed E-state index contributed by atoms with van der Waals surface area (Å²) in [5.74, 6) is 0.256. The third-order valence-corrected chi connectivity index (χ3v) is 6.78. The van der Waals surface area contributed by atoms with Gasteiger partial charge in [0.2, 0.25) is 0 Å². The zero-order valence-electron chi connectivity index (χ0n) is 18.8. The number of urea groups is 1. The Kier molecular flexibility index (Phi) is 6.13. The first-order chi connectivity index (χ1) is 14.9. The molecule has 168 valence electrons. The van der Waals surface area contributed by atoms with Crippen LogP contribution in [0.3, 0.4) is 0 Å². The Bertz CT molecular complexity index is 846. The molecule has 4 unspecified atom stereocenters. The zero-order chi connectivity index (χ0) is 22.1. The standard InChI is InChI=1S/C22H33N7O2/c1-5-10-27-11-15(3)28(12-14(27)2)22(31)29-13-17-19(16(29)4)25-26-20(17)24-21(30)18-8-6-7-9-23-18/h6-9,14-17,19,25H,5,10-13H2,1-4H3,(H,24,26,30)/t14?,15-,16?,17?,19?/m0/s1. The van der Waals surface area contributed by atoms with E-state index >= 15 is 0 Å². The van der Waals surface area contributed by atoms with E-state index in [1.54, 1.807) is 24.4 Å². The lowest BCUT2D eigenvalue weighted by molar-refractivity contribution is 0.0479. The van der Waals surface area contributed by atoms with Crippen LogP contribution >= 0.6 is 0 Å². The first-order valence-corrected chi connectivity index (χ1v) is 11.3. The van der Waals surface area contributed by atoms with E-state index in [1.165, 1.54) is 0 Å². The molecule has 1 aromatic rings. The Balaban J connectivity index is 1.41. The zero-order valence-corrected chi connectivity index (χ0v) is 18.8. The molecule has 4 heterocycles. The summed E-state index contributed by atoms with van der Waals surface area (Å²) in [4.78, 5) is 36.5. The quantitative estimate of drug-likeness (QED) is 0.759. The van der Waals surface area contributed by atoms with Crippen LogP contribution in [0, 0.1) is 5.92 Å². The van der Waals surface area contributed by atoms with Gasteiger partial charge in [-0.1, -0.05) is 13.0 Å². The number of nitrogens with one attached hydrogen (secondary N) is 2. The number of carbonyl (C=O) groups is 2. The normalized spacial score (nSPS) is 30.6. The van der Waals surface area contributed by atoms with Gasteiger partial charge < -0.3 is 20.5 Å². The van der Waals surface area contributed by atoms with Crippen LogP contribution in [0.2, 0.25) is 0 Å². The number of amides is 3. The van der Waals surface area contributed by atoms with Crippen LogP contribution in [0.25, 0.3) is 0 Å². The first-order valence-electron chi connectivity index (χ1n) is 11.3. The van der Waals surface area contributed by atoms with E-state index in [0.717, 1.165) is 26.1 Å². The van der Waals surface area contributed by atoms with Crippen molar-refractivity contribution >= 4 is 17.8 Å². The summed E-state index contributed by atoms with van der Waals surface area (Å²) in [6, 6.07) is 5.81. The van der Waals surface area contributed by atoms with Gasteiger partial charge >= 0.3 is 6.03 Å². The van der Waals surface area contributed by atoms with Gasteiger partial charge in [0.15, 0.2) is 0 Å². The highest BCUT2D eigenvalue weighted by molar-refractivity contribution is 6.07. The van der Waals surface area contributed by atoms with E-state index < -0.39 is 0 Å². The molecule has 2 fully saturated rings. The number of rotatable bonds is 3. The smallest absolute Gasteiger partial charge is 0.319 e. The number of nitrogens with zero attached hydrogens (tertiary/aromatic N) is 5. The van der Waals surface area contributed by atoms with Crippen molar-refractivity contribution in [3.8, 4) is 0 Å². The Labute approximate surface area is 183 Å². The maximum Gasteiger partial charge on any atom is 0.320 e. The van der Waals surface area contributed by atoms with Crippen molar-refractivity contribution in [1.29, 1.82) is 0 Å². The van der Waals surface area contributed by atoms with Gasteiger partial charge in [-0.3, -0.25) is 14.7 Å². The molecule has 31 heavy (non-hydrogen) atoms. The molecule has 3 aliphatic rings. The van der Waals surface area contributed by atoms with Crippen molar-refractivity contribution in [2.75, 3.05) is 26.2 Å². The van der Waals surface area contributed by atoms with Gasteiger partial charge in [0.05, 0.1) is 18.0 Å². The highest BCUT2D eigenvalue weighted by Gasteiger charge is 2.49. The molecule has 0 radical (unpaired) electrons. The highest BCUT2D eigenvalue weighted by atomic mass is 16.2. The van der Waals surface area contributed by atoms with Crippen LogP contribution in [-0.4, -0.2) is 87.8 Å².